The Kier molecular flexibility index (Phi) is 10.4. The minimum Gasteiger partial charge on any atom is -0.351 e. The van der Waals surface area contributed by atoms with E-state index >= 15 is 0 Å². The number of rotatable bonds is 14. The fourth-order valence-corrected chi connectivity index (χ4v) is 5.39. The second kappa shape index (κ2) is 14.4. The highest BCUT2D eigenvalue weighted by Gasteiger charge is 2.39. The standard InChI is InChI=1S/C30H30NO6P/c32-29(31-35-21-25-13-5-1-6-14-25)24-34-30(28-19-11-4-12-20-28)38(33,36-22-26-15-7-2-8-16-26)37-23-27-17-9-3-10-18-27/h1-20,30H,21-24H2,(H,31,32). The van der Waals surface area contributed by atoms with Crippen LogP contribution < -0.4 is 5.48 Å². The highest BCUT2D eigenvalue weighted by atomic mass is 31.2. The molecule has 7 nitrogen and oxygen atoms in total. The third kappa shape index (κ3) is 8.48. The Morgan fingerprint density at radius 3 is 1.53 bits per heavy atom. The summed E-state index contributed by atoms with van der Waals surface area (Å²) in [6, 6.07) is 37.2. The van der Waals surface area contributed by atoms with Crippen molar-refractivity contribution in [2.45, 2.75) is 25.7 Å². The zero-order chi connectivity index (χ0) is 26.5. The van der Waals surface area contributed by atoms with Crippen LogP contribution in [0.25, 0.3) is 0 Å². The van der Waals surface area contributed by atoms with Crippen molar-refractivity contribution in [2.75, 3.05) is 6.61 Å². The van der Waals surface area contributed by atoms with Crippen LogP contribution >= 0.6 is 7.60 Å². The molecule has 1 amide bonds. The van der Waals surface area contributed by atoms with Gasteiger partial charge >= 0.3 is 7.60 Å². The second-order valence-corrected chi connectivity index (χ2v) is 10.5. The van der Waals surface area contributed by atoms with Crippen molar-refractivity contribution in [1.82, 2.24) is 5.48 Å². The highest BCUT2D eigenvalue weighted by Crippen LogP contribution is 2.62. The van der Waals surface area contributed by atoms with Crippen molar-refractivity contribution >= 4 is 13.5 Å². The number of hydrogen-bond acceptors (Lipinski definition) is 6. The Morgan fingerprint density at radius 1 is 0.632 bits per heavy atom. The summed E-state index contributed by atoms with van der Waals surface area (Å²) in [5.74, 6) is -1.67. The molecule has 0 fully saturated rings. The average molecular weight is 532 g/mol. The van der Waals surface area contributed by atoms with Gasteiger partial charge in [-0.05, 0) is 22.3 Å². The number of ether oxygens (including phenoxy) is 1. The molecule has 1 N–H and O–H groups in total. The van der Waals surface area contributed by atoms with Gasteiger partial charge in [0.25, 0.3) is 5.91 Å². The van der Waals surface area contributed by atoms with E-state index in [1.54, 1.807) is 24.3 Å². The molecule has 0 heterocycles. The third-order valence-electron chi connectivity index (χ3n) is 5.52. The topological polar surface area (TPSA) is 83.1 Å². The predicted molar refractivity (Wildman–Crippen MR) is 145 cm³/mol. The van der Waals surface area contributed by atoms with Gasteiger partial charge in [-0.3, -0.25) is 14.2 Å². The van der Waals surface area contributed by atoms with Gasteiger partial charge in [0, 0.05) is 0 Å². The van der Waals surface area contributed by atoms with Crippen LogP contribution in [0, 0.1) is 0 Å². The molecule has 0 spiro atoms. The van der Waals surface area contributed by atoms with Crippen molar-refractivity contribution in [3.63, 3.8) is 0 Å². The second-order valence-electron chi connectivity index (χ2n) is 8.43. The van der Waals surface area contributed by atoms with Gasteiger partial charge in [-0.1, -0.05) is 121 Å². The fourth-order valence-electron chi connectivity index (χ4n) is 3.60. The third-order valence-corrected chi connectivity index (χ3v) is 7.52. The maximum Gasteiger partial charge on any atom is 0.364 e. The summed E-state index contributed by atoms with van der Waals surface area (Å²) in [4.78, 5) is 17.8. The first-order valence-electron chi connectivity index (χ1n) is 12.2. The number of hydroxylamine groups is 1. The Hall–Kier alpha value is -3.58. The predicted octanol–water partition coefficient (Wildman–Crippen LogP) is 6.58. The van der Waals surface area contributed by atoms with E-state index in [9.17, 15) is 9.36 Å². The molecule has 0 saturated carbocycles. The smallest absolute Gasteiger partial charge is 0.351 e. The molecular formula is C30H30NO6P. The molecule has 0 aliphatic rings. The Balaban J connectivity index is 1.48. The quantitative estimate of drug-likeness (QED) is 0.146. The maximum absolute atomic E-state index is 14.3. The molecule has 38 heavy (non-hydrogen) atoms. The van der Waals surface area contributed by atoms with E-state index in [-0.39, 0.29) is 19.8 Å². The van der Waals surface area contributed by atoms with Crippen LogP contribution in [0.15, 0.2) is 121 Å². The number of benzene rings is 4. The fraction of sp³-hybridized carbons (Fsp3) is 0.167. The van der Waals surface area contributed by atoms with Gasteiger partial charge in [-0.15, -0.1) is 0 Å². The molecule has 4 rings (SSSR count). The van der Waals surface area contributed by atoms with E-state index in [4.69, 9.17) is 18.6 Å². The Morgan fingerprint density at radius 2 is 1.05 bits per heavy atom. The van der Waals surface area contributed by atoms with Gasteiger partial charge in [0.2, 0.25) is 0 Å². The number of hydrogen-bond donors (Lipinski definition) is 1. The normalized spacial score (nSPS) is 12.1. The molecule has 0 aromatic heterocycles. The number of nitrogens with one attached hydrogen (secondary N) is 1. The summed E-state index contributed by atoms with van der Waals surface area (Å²) in [6.07, 6.45) is 0. The first kappa shape index (κ1) is 27.5. The van der Waals surface area contributed by atoms with Crippen LogP contribution in [0.4, 0.5) is 0 Å². The number of carbonyl (C=O) groups is 1. The van der Waals surface area contributed by atoms with Crippen LogP contribution in [0.2, 0.25) is 0 Å². The van der Waals surface area contributed by atoms with E-state index < -0.39 is 26.0 Å². The van der Waals surface area contributed by atoms with Crippen molar-refractivity contribution in [3.05, 3.63) is 144 Å². The SMILES string of the molecule is O=C(COC(c1ccccc1)P(=O)(OCc1ccccc1)OCc1ccccc1)NOCc1ccccc1. The summed E-state index contributed by atoms with van der Waals surface area (Å²) in [5, 5.41) is 0. The lowest BCUT2D eigenvalue weighted by molar-refractivity contribution is -0.140. The molecule has 0 radical (unpaired) electrons. The molecule has 0 bridgehead atoms. The van der Waals surface area contributed by atoms with Crippen molar-refractivity contribution in [2.24, 2.45) is 0 Å². The van der Waals surface area contributed by atoms with E-state index in [1.807, 2.05) is 97.1 Å². The molecule has 0 aliphatic heterocycles. The van der Waals surface area contributed by atoms with E-state index in [0.29, 0.717) is 5.56 Å². The van der Waals surface area contributed by atoms with Crippen LogP contribution in [-0.4, -0.2) is 12.5 Å². The first-order chi connectivity index (χ1) is 18.6. The van der Waals surface area contributed by atoms with Crippen molar-refractivity contribution in [1.29, 1.82) is 0 Å². The Bertz CT molecular complexity index is 1240. The van der Waals surface area contributed by atoms with Crippen LogP contribution in [-0.2, 0) is 47.8 Å². The first-order valence-corrected chi connectivity index (χ1v) is 13.8. The summed E-state index contributed by atoms with van der Waals surface area (Å²) in [5.41, 5.74) is 5.50. The van der Waals surface area contributed by atoms with Gasteiger partial charge in [-0.2, -0.15) is 0 Å². The lowest BCUT2D eigenvalue weighted by Gasteiger charge is -2.27. The zero-order valence-electron chi connectivity index (χ0n) is 20.8. The van der Waals surface area contributed by atoms with E-state index in [2.05, 4.69) is 5.48 Å². The monoisotopic (exact) mass is 531 g/mol. The molecule has 196 valence electrons. The molecule has 4 aromatic rings. The minimum atomic E-state index is -3.96. The summed E-state index contributed by atoms with van der Waals surface area (Å²) in [7, 11) is -3.96. The Labute approximate surface area is 222 Å². The zero-order valence-corrected chi connectivity index (χ0v) is 21.7. The summed E-state index contributed by atoms with van der Waals surface area (Å²) in [6.45, 7) is -0.118. The maximum atomic E-state index is 14.3. The number of carbonyl (C=O) groups excluding carboxylic acids is 1. The minimum absolute atomic E-state index is 0.0476. The van der Waals surface area contributed by atoms with Crippen LogP contribution in [0.3, 0.4) is 0 Å². The lowest BCUT2D eigenvalue weighted by atomic mass is 10.2. The van der Waals surface area contributed by atoms with Crippen LogP contribution in [0.5, 0.6) is 0 Å². The molecule has 0 saturated heterocycles. The van der Waals surface area contributed by atoms with Crippen LogP contribution in [0.1, 0.15) is 28.1 Å². The van der Waals surface area contributed by atoms with E-state index in [1.165, 1.54) is 0 Å². The lowest BCUT2D eigenvalue weighted by Crippen LogP contribution is -2.28. The van der Waals surface area contributed by atoms with Gasteiger partial charge in [-0.25, -0.2) is 5.48 Å². The molecular weight excluding hydrogens is 501 g/mol. The molecule has 0 aliphatic carbocycles. The van der Waals surface area contributed by atoms with Crippen molar-refractivity contribution in [3.8, 4) is 0 Å². The molecule has 8 heteroatoms. The number of amides is 1. The van der Waals surface area contributed by atoms with Gasteiger partial charge in [0.15, 0.2) is 5.85 Å². The van der Waals surface area contributed by atoms with Crippen molar-refractivity contribution < 1.29 is 28.0 Å². The van der Waals surface area contributed by atoms with Gasteiger partial charge in [0.1, 0.15) is 6.61 Å². The van der Waals surface area contributed by atoms with Gasteiger partial charge in [0.05, 0.1) is 19.8 Å². The molecule has 1 atom stereocenters. The summed E-state index contributed by atoms with van der Waals surface area (Å²) < 4.78 is 32.2. The summed E-state index contributed by atoms with van der Waals surface area (Å²) >= 11 is 0. The van der Waals surface area contributed by atoms with Gasteiger partial charge < -0.3 is 13.8 Å². The average Bonchev–Trinajstić information content (AvgIpc) is 2.97. The molecule has 1 unspecified atom stereocenters. The van der Waals surface area contributed by atoms with E-state index in [0.717, 1.165) is 16.7 Å². The highest BCUT2D eigenvalue weighted by molar-refractivity contribution is 7.54. The molecule has 4 aromatic carbocycles. The largest absolute Gasteiger partial charge is 0.364 e.